The SMILES string of the molecule is CC(C)C[C@@H](C#N)NC(=O)[C@@H]1CCCC[C@@H]1NC(=O)c1cc2ccccc2n1CCCC1CCNCC1. The van der Waals surface area contributed by atoms with Crippen LogP contribution in [0, 0.1) is 29.1 Å². The van der Waals surface area contributed by atoms with E-state index in [1.165, 1.54) is 19.3 Å². The number of hydrogen-bond acceptors (Lipinski definition) is 4. The van der Waals surface area contributed by atoms with E-state index in [1.807, 2.05) is 32.0 Å². The van der Waals surface area contributed by atoms with Crippen molar-refractivity contribution < 1.29 is 9.59 Å². The lowest BCUT2D eigenvalue weighted by molar-refractivity contribution is -0.127. The lowest BCUT2D eigenvalue weighted by Crippen LogP contribution is -2.50. The lowest BCUT2D eigenvalue weighted by atomic mass is 9.83. The van der Waals surface area contributed by atoms with Gasteiger partial charge >= 0.3 is 0 Å². The zero-order chi connectivity index (χ0) is 26.2. The van der Waals surface area contributed by atoms with Crippen LogP contribution in [0.5, 0.6) is 0 Å². The molecule has 1 aliphatic heterocycles. The Kier molecular flexibility index (Phi) is 9.62. The highest BCUT2D eigenvalue weighted by atomic mass is 16.2. The molecule has 1 aliphatic carbocycles. The highest BCUT2D eigenvalue weighted by Crippen LogP contribution is 2.27. The van der Waals surface area contributed by atoms with Gasteiger partial charge in [-0.2, -0.15) is 5.26 Å². The van der Waals surface area contributed by atoms with Crippen molar-refractivity contribution in [2.75, 3.05) is 13.1 Å². The molecule has 0 radical (unpaired) electrons. The molecule has 7 heteroatoms. The quantitative estimate of drug-likeness (QED) is 0.433. The first-order valence-electron chi connectivity index (χ1n) is 14.3. The number of amides is 2. The summed E-state index contributed by atoms with van der Waals surface area (Å²) in [6, 6.07) is 11.7. The fourth-order valence-corrected chi connectivity index (χ4v) is 6.10. The highest BCUT2D eigenvalue weighted by molar-refractivity contribution is 5.99. The molecule has 2 fully saturated rings. The summed E-state index contributed by atoms with van der Waals surface area (Å²) in [6.07, 6.45) is 8.77. The van der Waals surface area contributed by atoms with Gasteiger partial charge in [0.1, 0.15) is 11.7 Å². The van der Waals surface area contributed by atoms with Gasteiger partial charge in [0.05, 0.1) is 12.0 Å². The van der Waals surface area contributed by atoms with Gasteiger partial charge in [0.25, 0.3) is 5.91 Å². The van der Waals surface area contributed by atoms with E-state index in [0.717, 1.165) is 68.6 Å². The smallest absolute Gasteiger partial charge is 0.268 e. The Morgan fingerprint density at radius 1 is 1.14 bits per heavy atom. The molecule has 3 atom stereocenters. The molecule has 2 heterocycles. The molecular weight excluding hydrogens is 462 g/mol. The van der Waals surface area contributed by atoms with E-state index in [0.29, 0.717) is 18.0 Å². The zero-order valence-electron chi connectivity index (χ0n) is 22.5. The van der Waals surface area contributed by atoms with Gasteiger partial charge in [-0.3, -0.25) is 9.59 Å². The predicted molar refractivity (Wildman–Crippen MR) is 147 cm³/mol. The Balaban J connectivity index is 1.46. The van der Waals surface area contributed by atoms with Gasteiger partial charge in [0.2, 0.25) is 5.91 Å². The van der Waals surface area contributed by atoms with Crippen molar-refractivity contribution in [1.82, 2.24) is 20.5 Å². The number of benzene rings is 1. The monoisotopic (exact) mass is 505 g/mol. The minimum absolute atomic E-state index is 0.109. The summed E-state index contributed by atoms with van der Waals surface area (Å²) < 4.78 is 2.16. The van der Waals surface area contributed by atoms with E-state index in [-0.39, 0.29) is 23.8 Å². The van der Waals surface area contributed by atoms with Crippen LogP contribution >= 0.6 is 0 Å². The van der Waals surface area contributed by atoms with Gasteiger partial charge in [0, 0.05) is 23.5 Å². The molecular formula is C30H43N5O2. The van der Waals surface area contributed by atoms with Crippen LogP contribution in [-0.4, -0.2) is 41.6 Å². The standard InChI is InChI=1S/C30H43N5O2/c1-21(2)18-24(20-31)33-29(36)25-10-4-5-11-26(25)34-30(37)28-19-23-9-3-6-12-27(23)35(28)17-7-8-22-13-15-32-16-14-22/h3,6,9,12,19,21-22,24-26,32H,4-5,7-8,10-11,13-18H2,1-2H3,(H,33,36)(H,34,37)/t24-,25+,26-/m0/s1. The Hall–Kier alpha value is -2.85. The van der Waals surface area contributed by atoms with Crippen molar-refractivity contribution in [3.05, 3.63) is 36.0 Å². The fraction of sp³-hybridized carbons (Fsp3) is 0.633. The maximum absolute atomic E-state index is 13.6. The first kappa shape index (κ1) is 27.2. The number of aromatic nitrogens is 1. The van der Waals surface area contributed by atoms with Crippen LogP contribution in [0.4, 0.5) is 0 Å². The van der Waals surface area contributed by atoms with E-state index in [4.69, 9.17) is 0 Å². The summed E-state index contributed by atoms with van der Waals surface area (Å²) in [5.74, 6) is 0.554. The summed E-state index contributed by atoms with van der Waals surface area (Å²) in [5.41, 5.74) is 1.76. The summed E-state index contributed by atoms with van der Waals surface area (Å²) in [7, 11) is 0. The minimum atomic E-state index is -0.492. The van der Waals surface area contributed by atoms with Crippen LogP contribution in [0.25, 0.3) is 10.9 Å². The Morgan fingerprint density at radius 2 is 1.89 bits per heavy atom. The lowest BCUT2D eigenvalue weighted by Gasteiger charge is -2.32. The molecule has 3 N–H and O–H groups in total. The van der Waals surface area contributed by atoms with Gasteiger partial charge < -0.3 is 20.5 Å². The number of carbonyl (C=O) groups excluding carboxylic acids is 2. The Bertz CT molecular complexity index is 1100. The number of hydrogen-bond donors (Lipinski definition) is 3. The molecule has 200 valence electrons. The number of para-hydroxylation sites is 1. The van der Waals surface area contributed by atoms with Crippen molar-refractivity contribution in [3.8, 4) is 6.07 Å². The number of nitriles is 1. The topological polar surface area (TPSA) is 99.0 Å². The second-order valence-electron chi connectivity index (χ2n) is 11.4. The van der Waals surface area contributed by atoms with Crippen LogP contribution in [0.1, 0.15) is 82.1 Å². The number of piperidine rings is 1. The number of nitrogens with zero attached hydrogens (tertiary/aromatic N) is 2. The van der Waals surface area contributed by atoms with Crippen molar-refractivity contribution in [1.29, 1.82) is 5.26 Å². The van der Waals surface area contributed by atoms with E-state index in [9.17, 15) is 14.9 Å². The van der Waals surface area contributed by atoms with Gasteiger partial charge in [0.15, 0.2) is 0 Å². The zero-order valence-corrected chi connectivity index (χ0v) is 22.5. The average Bonchev–Trinajstić information content (AvgIpc) is 3.27. The first-order chi connectivity index (χ1) is 18.0. The molecule has 1 aromatic carbocycles. The largest absolute Gasteiger partial charge is 0.347 e. The second-order valence-corrected chi connectivity index (χ2v) is 11.4. The van der Waals surface area contributed by atoms with Gasteiger partial charge in [-0.25, -0.2) is 0 Å². The number of rotatable bonds is 10. The van der Waals surface area contributed by atoms with E-state index in [1.54, 1.807) is 0 Å². The third-order valence-corrected chi connectivity index (χ3v) is 8.09. The minimum Gasteiger partial charge on any atom is -0.347 e. The number of fused-ring (bicyclic) bond motifs is 1. The number of nitrogens with one attached hydrogen (secondary N) is 3. The predicted octanol–water partition coefficient (Wildman–Crippen LogP) is 4.76. The van der Waals surface area contributed by atoms with Crippen LogP contribution in [-0.2, 0) is 11.3 Å². The molecule has 2 aliphatic rings. The van der Waals surface area contributed by atoms with E-state index >= 15 is 0 Å². The van der Waals surface area contributed by atoms with Crippen LogP contribution in [0.15, 0.2) is 30.3 Å². The Labute approximate surface area is 221 Å². The van der Waals surface area contributed by atoms with E-state index in [2.05, 4.69) is 38.7 Å². The summed E-state index contributed by atoms with van der Waals surface area (Å²) in [5, 5.41) is 20.2. The highest BCUT2D eigenvalue weighted by Gasteiger charge is 2.34. The molecule has 1 saturated carbocycles. The average molecular weight is 506 g/mol. The van der Waals surface area contributed by atoms with Crippen molar-refractivity contribution in [2.24, 2.45) is 17.8 Å². The normalized spacial score (nSPS) is 21.5. The maximum Gasteiger partial charge on any atom is 0.268 e. The third kappa shape index (κ3) is 7.13. The summed E-state index contributed by atoms with van der Waals surface area (Å²) in [6.45, 7) is 7.12. The van der Waals surface area contributed by atoms with Gasteiger partial charge in [-0.15, -0.1) is 0 Å². The second kappa shape index (κ2) is 13.1. The fourth-order valence-electron chi connectivity index (χ4n) is 6.10. The Morgan fingerprint density at radius 3 is 2.65 bits per heavy atom. The first-order valence-corrected chi connectivity index (χ1v) is 14.3. The van der Waals surface area contributed by atoms with Crippen molar-refractivity contribution in [2.45, 2.75) is 90.3 Å². The molecule has 2 aromatic rings. The molecule has 0 bridgehead atoms. The molecule has 2 amide bonds. The van der Waals surface area contributed by atoms with Crippen LogP contribution in [0.3, 0.4) is 0 Å². The summed E-state index contributed by atoms with van der Waals surface area (Å²) in [4.78, 5) is 26.8. The number of aryl methyl sites for hydroxylation is 1. The summed E-state index contributed by atoms with van der Waals surface area (Å²) >= 11 is 0. The molecule has 1 aromatic heterocycles. The van der Waals surface area contributed by atoms with Crippen LogP contribution < -0.4 is 16.0 Å². The van der Waals surface area contributed by atoms with E-state index < -0.39 is 6.04 Å². The van der Waals surface area contributed by atoms with Crippen LogP contribution in [0.2, 0.25) is 0 Å². The van der Waals surface area contributed by atoms with Gasteiger partial charge in [-0.05, 0) is 82.0 Å². The molecule has 0 spiro atoms. The maximum atomic E-state index is 13.6. The molecule has 4 rings (SSSR count). The van der Waals surface area contributed by atoms with Crippen molar-refractivity contribution >= 4 is 22.7 Å². The van der Waals surface area contributed by atoms with Gasteiger partial charge in [-0.1, -0.05) is 44.9 Å². The molecule has 37 heavy (non-hydrogen) atoms. The van der Waals surface area contributed by atoms with Crippen molar-refractivity contribution in [3.63, 3.8) is 0 Å². The molecule has 7 nitrogen and oxygen atoms in total. The third-order valence-electron chi connectivity index (χ3n) is 8.09. The molecule has 0 unspecified atom stereocenters. The molecule has 1 saturated heterocycles. The number of carbonyl (C=O) groups is 2.